The first-order valence-corrected chi connectivity index (χ1v) is 9.64. The number of carbonyl (C=O) groups is 1. The molecule has 2 aromatic carbocycles. The summed E-state index contributed by atoms with van der Waals surface area (Å²) in [7, 11) is 4.79. The van der Waals surface area contributed by atoms with E-state index >= 15 is 0 Å². The van der Waals surface area contributed by atoms with Crippen LogP contribution >= 0.6 is 11.8 Å². The van der Waals surface area contributed by atoms with Crippen molar-refractivity contribution in [3.05, 3.63) is 35.9 Å². The lowest BCUT2D eigenvalue weighted by Crippen LogP contribution is -1.97. The van der Waals surface area contributed by atoms with E-state index in [-0.39, 0.29) is 5.78 Å². The lowest BCUT2D eigenvalue weighted by molar-refractivity contribution is -0.116. The van der Waals surface area contributed by atoms with Gasteiger partial charge in [-0.2, -0.15) is 0 Å². The number of hydrogen-bond acceptors (Lipinski definition) is 6. The van der Waals surface area contributed by atoms with Crippen LogP contribution < -0.4 is 14.2 Å². The zero-order chi connectivity index (χ0) is 19.6. The van der Waals surface area contributed by atoms with E-state index in [1.807, 2.05) is 24.5 Å². The van der Waals surface area contributed by atoms with E-state index in [2.05, 4.69) is 0 Å². The number of ketones is 1. The first-order chi connectivity index (χ1) is 13.0. The van der Waals surface area contributed by atoms with Gasteiger partial charge in [0.05, 0.1) is 26.2 Å². The van der Waals surface area contributed by atoms with E-state index in [9.17, 15) is 4.79 Å². The molecular formula is C21H22O5S. The molecule has 27 heavy (non-hydrogen) atoms. The van der Waals surface area contributed by atoms with E-state index in [1.54, 1.807) is 52.1 Å². The average Bonchev–Trinajstić information content (AvgIpc) is 3.05. The highest BCUT2D eigenvalue weighted by molar-refractivity contribution is 7.99. The van der Waals surface area contributed by atoms with E-state index in [1.165, 1.54) is 0 Å². The summed E-state index contributed by atoms with van der Waals surface area (Å²) in [6, 6.07) is 9.37. The molecule has 3 aromatic rings. The van der Waals surface area contributed by atoms with Crippen molar-refractivity contribution in [2.45, 2.75) is 18.2 Å². The van der Waals surface area contributed by atoms with Crippen molar-refractivity contribution in [2.24, 2.45) is 0 Å². The quantitative estimate of drug-likeness (QED) is 0.534. The molecule has 0 unspecified atom stereocenters. The van der Waals surface area contributed by atoms with Crippen LogP contribution in [0.1, 0.15) is 12.5 Å². The van der Waals surface area contributed by atoms with Gasteiger partial charge in [0.15, 0.2) is 5.76 Å². The summed E-state index contributed by atoms with van der Waals surface area (Å²) in [4.78, 5) is 12.7. The predicted molar refractivity (Wildman–Crippen MR) is 107 cm³/mol. The maximum absolute atomic E-state index is 11.7. The standard InChI is InChI=1S/C21H22O5S/c1-12(22)9-13-7-6-8-15-18(13)21(27-5)20(26-15)19-16(24-3)10-14(23-2)11-17(19)25-4/h6-8,10-11H,9H2,1-5H3. The maximum Gasteiger partial charge on any atom is 0.156 e. The van der Waals surface area contributed by atoms with Crippen molar-refractivity contribution < 1.29 is 23.4 Å². The Bertz CT molecular complexity index is 965. The van der Waals surface area contributed by atoms with Gasteiger partial charge in [0.25, 0.3) is 0 Å². The topological polar surface area (TPSA) is 57.9 Å². The van der Waals surface area contributed by atoms with Crippen molar-refractivity contribution >= 4 is 28.5 Å². The van der Waals surface area contributed by atoms with E-state index in [4.69, 9.17) is 18.6 Å². The SMILES string of the molecule is COc1cc(OC)c(-c2oc3cccc(CC(C)=O)c3c2SC)c(OC)c1. The summed E-state index contributed by atoms with van der Waals surface area (Å²) >= 11 is 1.57. The molecule has 142 valence electrons. The minimum Gasteiger partial charge on any atom is -0.496 e. The Hall–Kier alpha value is -2.60. The second kappa shape index (κ2) is 7.96. The highest BCUT2D eigenvalue weighted by atomic mass is 32.2. The monoisotopic (exact) mass is 386 g/mol. The zero-order valence-electron chi connectivity index (χ0n) is 16.0. The van der Waals surface area contributed by atoms with Gasteiger partial charge in [0.1, 0.15) is 34.2 Å². The molecule has 0 radical (unpaired) electrons. The Morgan fingerprint density at radius 3 is 2.26 bits per heavy atom. The van der Waals surface area contributed by atoms with Crippen LogP contribution in [0.2, 0.25) is 0 Å². The molecule has 0 fully saturated rings. The van der Waals surface area contributed by atoms with Crippen molar-refractivity contribution in [1.82, 2.24) is 0 Å². The Morgan fingerprint density at radius 1 is 1.07 bits per heavy atom. The van der Waals surface area contributed by atoms with Crippen molar-refractivity contribution in [3.8, 4) is 28.6 Å². The number of hydrogen-bond donors (Lipinski definition) is 0. The second-order valence-electron chi connectivity index (χ2n) is 6.04. The van der Waals surface area contributed by atoms with Crippen LogP contribution in [-0.2, 0) is 11.2 Å². The number of furan rings is 1. The van der Waals surface area contributed by atoms with Crippen LogP contribution in [0, 0.1) is 0 Å². The third-order valence-corrected chi connectivity index (χ3v) is 5.14. The molecule has 1 aromatic heterocycles. The maximum atomic E-state index is 11.7. The van der Waals surface area contributed by atoms with Gasteiger partial charge < -0.3 is 18.6 Å². The summed E-state index contributed by atoms with van der Waals surface area (Å²) in [5.41, 5.74) is 2.40. The van der Waals surface area contributed by atoms with Crippen LogP contribution in [-0.4, -0.2) is 33.4 Å². The fourth-order valence-corrected chi connectivity index (χ4v) is 3.96. The average molecular weight is 386 g/mol. The number of fused-ring (bicyclic) bond motifs is 1. The summed E-state index contributed by atoms with van der Waals surface area (Å²) in [5.74, 6) is 2.58. The molecule has 3 rings (SSSR count). The van der Waals surface area contributed by atoms with Gasteiger partial charge >= 0.3 is 0 Å². The zero-order valence-corrected chi connectivity index (χ0v) is 16.9. The molecule has 0 saturated carbocycles. The number of carbonyl (C=O) groups excluding carboxylic acids is 1. The summed E-state index contributed by atoms with van der Waals surface area (Å²) < 4.78 is 22.7. The summed E-state index contributed by atoms with van der Waals surface area (Å²) in [5, 5.41) is 0.954. The molecule has 6 heteroatoms. The Kier molecular flexibility index (Phi) is 5.65. The summed E-state index contributed by atoms with van der Waals surface area (Å²) in [6.07, 6.45) is 2.35. The van der Waals surface area contributed by atoms with Gasteiger partial charge in [0, 0.05) is 23.9 Å². The highest BCUT2D eigenvalue weighted by Gasteiger charge is 2.25. The largest absolute Gasteiger partial charge is 0.496 e. The molecule has 0 saturated heterocycles. The second-order valence-corrected chi connectivity index (χ2v) is 6.86. The smallest absolute Gasteiger partial charge is 0.156 e. The highest BCUT2D eigenvalue weighted by Crippen LogP contribution is 2.48. The molecule has 0 atom stereocenters. The van der Waals surface area contributed by atoms with Crippen molar-refractivity contribution in [2.75, 3.05) is 27.6 Å². The molecular weight excluding hydrogens is 364 g/mol. The van der Waals surface area contributed by atoms with Gasteiger partial charge in [-0.05, 0) is 24.8 Å². The van der Waals surface area contributed by atoms with Crippen molar-refractivity contribution in [1.29, 1.82) is 0 Å². The van der Waals surface area contributed by atoms with E-state index in [0.717, 1.165) is 27.0 Å². The fraction of sp³-hybridized carbons (Fsp3) is 0.286. The fourth-order valence-electron chi connectivity index (χ4n) is 3.19. The van der Waals surface area contributed by atoms with Crippen LogP contribution in [0.5, 0.6) is 17.2 Å². The number of Topliss-reactive ketones (excluding diaryl/α,β-unsaturated/α-hetero) is 1. The normalized spacial score (nSPS) is 10.9. The van der Waals surface area contributed by atoms with E-state index in [0.29, 0.717) is 29.4 Å². The Morgan fingerprint density at radius 2 is 1.74 bits per heavy atom. The molecule has 0 N–H and O–H groups in total. The summed E-state index contributed by atoms with van der Waals surface area (Å²) in [6.45, 7) is 1.59. The Balaban J connectivity index is 2.34. The molecule has 1 heterocycles. The third kappa shape index (κ3) is 3.49. The van der Waals surface area contributed by atoms with Gasteiger partial charge in [-0.15, -0.1) is 11.8 Å². The number of ether oxygens (including phenoxy) is 3. The van der Waals surface area contributed by atoms with E-state index < -0.39 is 0 Å². The van der Waals surface area contributed by atoms with Crippen molar-refractivity contribution in [3.63, 3.8) is 0 Å². The molecule has 0 amide bonds. The molecule has 0 aliphatic rings. The first-order valence-electron chi connectivity index (χ1n) is 8.42. The molecule has 5 nitrogen and oxygen atoms in total. The number of thioether (sulfide) groups is 1. The first kappa shape index (κ1) is 19.2. The lowest BCUT2D eigenvalue weighted by Gasteiger charge is -2.14. The minimum absolute atomic E-state index is 0.108. The molecule has 0 aliphatic heterocycles. The number of rotatable bonds is 7. The Labute approximate surface area is 162 Å². The molecule has 0 spiro atoms. The number of benzene rings is 2. The molecule has 0 bridgehead atoms. The van der Waals surface area contributed by atoms with Crippen LogP contribution in [0.15, 0.2) is 39.6 Å². The van der Waals surface area contributed by atoms with Gasteiger partial charge in [0.2, 0.25) is 0 Å². The number of methoxy groups -OCH3 is 3. The van der Waals surface area contributed by atoms with Crippen LogP contribution in [0.25, 0.3) is 22.3 Å². The van der Waals surface area contributed by atoms with Crippen LogP contribution in [0.3, 0.4) is 0 Å². The minimum atomic E-state index is 0.108. The van der Waals surface area contributed by atoms with Crippen LogP contribution in [0.4, 0.5) is 0 Å². The predicted octanol–water partition coefficient (Wildman–Crippen LogP) is 4.98. The third-order valence-electron chi connectivity index (χ3n) is 4.34. The van der Waals surface area contributed by atoms with Gasteiger partial charge in [-0.25, -0.2) is 0 Å². The molecule has 0 aliphatic carbocycles. The van der Waals surface area contributed by atoms with Gasteiger partial charge in [-0.1, -0.05) is 12.1 Å². The van der Waals surface area contributed by atoms with Gasteiger partial charge in [-0.3, -0.25) is 4.79 Å². The lowest BCUT2D eigenvalue weighted by atomic mass is 10.0.